The van der Waals surface area contributed by atoms with Gasteiger partial charge < -0.3 is 14.2 Å². The van der Waals surface area contributed by atoms with E-state index in [2.05, 4.69) is 15.0 Å². The molecule has 1 fully saturated rings. The minimum Gasteiger partial charge on any atom is -0.484 e. The Morgan fingerprint density at radius 1 is 1.07 bits per heavy atom. The van der Waals surface area contributed by atoms with Gasteiger partial charge in [-0.1, -0.05) is 41.1 Å². The smallest absolute Gasteiger partial charge is 0.260 e. The third kappa shape index (κ3) is 5.00. The average molecular weight is 392 g/mol. The highest BCUT2D eigenvalue weighted by atomic mass is 16.5. The number of amides is 1. The number of aromatic nitrogens is 2. The van der Waals surface area contributed by atoms with Crippen molar-refractivity contribution in [2.75, 3.05) is 32.8 Å². The number of rotatable bonds is 6. The van der Waals surface area contributed by atoms with E-state index in [0.717, 1.165) is 24.2 Å². The maximum absolute atomic E-state index is 12.4. The molecule has 0 aliphatic carbocycles. The number of ether oxygens (including phenoxy) is 1. The third-order valence-corrected chi connectivity index (χ3v) is 4.93. The first-order chi connectivity index (χ1) is 14.2. The van der Waals surface area contributed by atoms with Crippen molar-refractivity contribution in [1.29, 1.82) is 0 Å². The fourth-order valence-corrected chi connectivity index (χ4v) is 3.32. The highest BCUT2D eigenvalue weighted by Crippen LogP contribution is 2.19. The van der Waals surface area contributed by atoms with Gasteiger partial charge in [-0.25, -0.2) is 0 Å². The Hall–Kier alpha value is -3.19. The van der Waals surface area contributed by atoms with E-state index in [0.29, 0.717) is 37.1 Å². The second-order valence-corrected chi connectivity index (χ2v) is 7.14. The summed E-state index contributed by atoms with van der Waals surface area (Å²) < 4.78 is 11.0. The van der Waals surface area contributed by atoms with E-state index in [1.807, 2.05) is 66.4 Å². The van der Waals surface area contributed by atoms with Gasteiger partial charge in [-0.05, 0) is 31.2 Å². The molecule has 0 bridgehead atoms. The zero-order valence-corrected chi connectivity index (χ0v) is 16.5. The molecule has 0 N–H and O–H groups in total. The summed E-state index contributed by atoms with van der Waals surface area (Å²) >= 11 is 0. The Morgan fingerprint density at radius 3 is 2.62 bits per heavy atom. The van der Waals surface area contributed by atoms with Crippen LogP contribution in [0.15, 0.2) is 59.1 Å². The summed E-state index contributed by atoms with van der Waals surface area (Å²) in [5.74, 6) is 1.92. The van der Waals surface area contributed by atoms with E-state index in [-0.39, 0.29) is 12.5 Å². The predicted molar refractivity (Wildman–Crippen MR) is 108 cm³/mol. The van der Waals surface area contributed by atoms with E-state index in [1.54, 1.807) is 0 Å². The predicted octanol–water partition coefficient (Wildman–Crippen LogP) is 2.77. The molecule has 1 aliphatic heterocycles. The van der Waals surface area contributed by atoms with Crippen molar-refractivity contribution in [3.05, 3.63) is 66.0 Å². The second kappa shape index (κ2) is 8.87. The summed E-state index contributed by atoms with van der Waals surface area (Å²) in [4.78, 5) is 20.9. The Bertz CT molecular complexity index is 949. The average Bonchev–Trinajstić information content (AvgIpc) is 3.22. The van der Waals surface area contributed by atoms with Crippen molar-refractivity contribution in [3.8, 4) is 17.2 Å². The van der Waals surface area contributed by atoms with Crippen molar-refractivity contribution in [2.45, 2.75) is 13.5 Å². The van der Waals surface area contributed by atoms with Crippen molar-refractivity contribution < 1.29 is 14.1 Å². The van der Waals surface area contributed by atoms with Crippen LogP contribution >= 0.6 is 0 Å². The molecule has 0 unspecified atom stereocenters. The maximum atomic E-state index is 12.4. The number of carbonyl (C=O) groups excluding carboxylic acids is 1. The summed E-state index contributed by atoms with van der Waals surface area (Å²) in [5, 5.41) is 4.11. The largest absolute Gasteiger partial charge is 0.484 e. The molecule has 0 atom stereocenters. The SMILES string of the molecule is Cc1cccc(-c2nc(CN3CCN(C(=O)COc4ccccc4)CC3)no2)c1. The topological polar surface area (TPSA) is 71.7 Å². The van der Waals surface area contributed by atoms with Gasteiger partial charge in [0.2, 0.25) is 0 Å². The van der Waals surface area contributed by atoms with Crippen LogP contribution in [0.4, 0.5) is 0 Å². The van der Waals surface area contributed by atoms with Crippen LogP contribution in [0, 0.1) is 6.92 Å². The molecule has 2 heterocycles. The van der Waals surface area contributed by atoms with E-state index in [9.17, 15) is 4.79 Å². The van der Waals surface area contributed by atoms with Crippen LogP contribution in [0.5, 0.6) is 5.75 Å². The minimum absolute atomic E-state index is 0.00907. The van der Waals surface area contributed by atoms with Gasteiger partial charge in [0.05, 0.1) is 6.54 Å². The molecule has 2 aromatic carbocycles. The van der Waals surface area contributed by atoms with Crippen LogP contribution in [0.2, 0.25) is 0 Å². The molecule has 1 amide bonds. The molecular weight excluding hydrogens is 368 g/mol. The van der Waals surface area contributed by atoms with Crippen molar-refractivity contribution in [3.63, 3.8) is 0 Å². The number of carbonyl (C=O) groups is 1. The number of aryl methyl sites for hydroxylation is 1. The van der Waals surface area contributed by atoms with E-state index in [4.69, 9.17) is 9.26 Å². The van der Waals surface area contributed by atoms with Gasteiger partial charge in [-0.3, -0.25) is 9.69 Å². The molecule has 0 spiro atoms. The lowest BCUT2D eigenvalue weighted by Gasteiger charge is -2.33. The van der Waals surface area contributed by atoms with Crippen LogP contribution in [0.3, 0.4) is 0 Å². The summed E-state index contributed by atoms with van der Waals surface area (Å²) in [6.07, 6.45) is 0. The van der Waals surface area contributed by atoms with E-state index in [1.165, 1.54) is 0 Å². The normalized spacial score (nSPS) is 14.7. The van der Waals surface area contributed by atoms with Gasteiger partial charge in [0, 0.05) is 31.7 Å². The number of piperazine rings is 1. The molecule has 0 radical (unpaired) electrons. The number of para-hydroxylation sites is 1. The van der Waals surface area contributed by atoms with Crippen LogP contribution in [0.25, 0.3) is 11.5 Å². The van der Waals surface area contributed by atoms with Crippen LogP contribution in [-0.2, 0) is 11.3 Å². The summed E-state index contributed by atoms with van der Waals surface area (Å²) in [7, 11) is 0. The lowest BCUT2D eigenvalue weighted by Crippen LogP contribution is -2.49. The van der Waals surface area contributed by atoms with Gasteiger partial charge in [0.25, 0.3) is 11.8 Å². The molecule has 4 rings (SSSR count). The maximum Gasteiger partial charge on any atom is 0.260 e. The minimum atomic E-state index is 0.00907. The lowest BCUT2D eigenvalue weighted by molar-refractivity contribution is -0.135. The van der Waals surface area contributed by atoms with E-state index >= 15 is 0 Å². The second-order valence-electron chi connectivity index (χ2n) is 7.14. The Kier molecular flexibility index (Phi) is 5.86. The molecule has 1 aromatic heterocycles. The van der Waals surface area contributed by atoms with Crippen molar-refractivity contribution in [1.82, 2.24) is 19.9 Å². The molecule has 150 valence electrons. The Labute approximate surface area is 169 Å². The number of nitrogens with zero attached hydrogens (tertiary/aromatic N) is 4. The highest BCUT2D eigenvalue weighted by molar-refractivity contribution is 5.77. The summed E-state index contributed by atoms with van der Waals surface area (Å²) in [6, 6.07) is 17.4. The van der Waals surface area contributed by atoms with Crippen LogP contribution < -0.4 is 4.74 Å². The fraction of sp³-hybridized carbons (Fsp3) is 0.318. The molecule has 3 aromatic rings. The van der Waals surface area contributed by atoms with Gasteiger partial charge in [0.1, 0.15) is 5.75 Å². The van der Waals surface area contributed by atoms with Gasteiger partial charge >= 0.3 is 0 Å². The zero-order chi connectivity index (χ0) is 20.1. The number of benzene rings is 2. The molecule has 7 heteroatoms. The van der Waals surface area contributed by atoms with Crippen molar-refractivity contribution >= 4 is 5.91 Å². The summed E-state index contributed by atoms with van der Waals surface area (Å²) in [5.41, 5.74) is 2.08. The van der Waals surface area contributed by atoms with Crippen LogP contribution in [0.1, 0.15) is 11.4 Å². The zero-order valence-electron chi connectivity index (χ0n) is 16.5. The lowest BCUT2D eigenvalue weighted by atomic mass is 10.1. The first kappa shape index (κ1) is 19.1. The Balaban J connectivity index is 1.25. The monoisotopic (exact) mass is 392 g/mol. The molecule has 0 saturated carbocycles. The standard InChI is InChI=1S/C22H24N4O3/c1-17-6-5-7-18(14-17)22-23-20(24-29-22)15-25-10-12-26(13-11-25)21(27)16-28-19-8-3-2-4-9-19/h2-9,14H,10-13,15-16H2,1H3. The molecule has 1 aliphatic rings. The third-order valence-electron chi connectivity index (χ3n) is 4.93. The number of hydrogen-bond donors (Lipinski definition) is 0. The van der Waals surface area contributed by atoms with Crippen molar-refractivity contribution in [2.24, 2.45) is 0 Å². The summed E-state index contributed by atoms with van der Waals surface area (Å²) in [6.45, 7) is 5.58. The van der Waals surface area contributed by atoms with Gasteiger partial charge in [0.15, 0.2) is 12.4 Å². The van der Waals surface area contributed by atoms with E-state index < -0.39 is 0 Å². The fourth-order valence-electron chi connectivity index (χ4n) is 3.32. The molecule has 29 heavy (non-hydrogen) atoms. The van der Waals surface area contributed by atoms with Gasteiger partial charge in [-0.15, -0.1) is 0 Å². The van der Waals surface area contributed by atoms with Crippen LogP contribution in [-0.4, -0.2) is 58.6 Å². The Morgan fingerprint density at radius 2 is 1.86 bits per heavy atom. The highest BCUT2D eigenvalue weighted by Gasteiger charge is 2.22. The van der Waals surface area contributed by atoms with Gasteiger partial charge in [-0.2, -0.15) is 4.98 Å². The number of hydrogen-bond acceptors (Lipinski definition) is 6. The first-order valence-electron chi connectivity index (χ1n) is 9.75. The quantitative estimate of drug-likeness (QED) is 0.642. The molecule has 7 nitrogen and oxygen atoms in total. The molecular formula is C22H24N4O3. The molecule has 1 saturated heterocycles. The first-order valence-corrected chi connectivity index (χ1v) is 9.75.